The largest absolute Gasteiger partial charge is 0.340 e. The Morgan fingerprint density at radius 3 is 2.50 bits per heavy atom. The van der Waals surface area contributed by atoms with Gasteiger partial charge in [0.2, 0.25) is 5.91 Å². The van der Waals surface area contributed by atoms with Crippen LogP contribution in [-0.2, 0) is 11.2 Å². The van der Waals surface area contributed by atoms with E-state index in [-0.39, 0.29) is 5.91 Å². The Balaban J connectivity index is 1.52. The van der Waals surface area contributed by atoms with Crippen molar-refractivity contribution >= 4 is 21.8 Å². The lowest BCUT2D eigenvalue weighted by atomic mass is 10.1. The average Bonchev–Trinajstić information content (AvgIpc) is 2.40. The molecule has 0 spiro atoms. The molecule has 108 valence electrons. The maximum absolute atomic E-state index is 12.4. The van der Waals surface area contributed by atoms with E-state index in [2.05, 4.69) is 26.1 Å². The van der Waals surface area contributed by atoms with E-state index in [0.717, 1.165) is 49.3 Å². The molecule has 0 atom stereocenters. The van der Waals surface area contributed by atoms with Gasteiger partial charge in [-0.15, -0.1) is 0 Å². The minimum absolute atomic E-state index is 0.239. The molecule has 2 heterocycles. The highest BCUT2D eigenvalue weighted by Gasteiger charge is 2.29. The maximum Gasteiger partial charge on any atom is 0.227 e. The molecule has 0 saturated carbocycles. The average molecular weight is 338 g/mol. The van der Waals surface area contributed by atoms with E-state index < -0.39 is 0 Å². The van der Waals surface area contributed by atoms with Gasteiger partial charge >= 0.3 is 0 Å². The smallest absolute Gasteiger partial charge is 0.227 e. The molecule has 1 amide bonds. The van der Waals surface area contributed by atoms with Crippen molar-refractivity contribution in [3.8, 4) is 0 Å². The number of nitrogens with zero attached hydrogens (tertiary/aromatic N) is 2. The standard InChI is InChI=1S/C15H20BrN3O/c16-14-4-2-1-3-12(14)9-15(20)19-7-5-18(6-8-19)13-10-17-11-13/h1-4,13,17H,5-11H2. The molecule has 1 aromatic rings. The number of rotatable bonds is 3. The first-order valence-electron chi connectivity index (χ1n) is 7.20. The monoisotopic (exact) mass is 337 g/mol. The molecule has 4 nitrogen and oxygen atoms in total. The zero-order valence-corrected chi connectivity index (χ0v) is 13.1. The molecule has 20 heavy (non-hydrogen) atoms. The Hall–Kier alpha value is -0.910. The first-order chi connectivity index (χ1) is 9.74. The second-order valence-electron chi connectivity index (χ2n) is 5.50. The Morgan fingerprint density at radius 1 is 1.20 bits per heavy atom. The number of hydrogen-bond acceptors (Lipinski definition) is 3. The van der Waals surface area contributed by atoms with E-state index in [9.17, 15) is 4.79 Å². The van der Waals surface area contributed by atoms with Gasteiger partial charge in [-0.3, -0.25) is 9.69 Å². The third-order valence-electron chi connectivity index (χ3n) is 4.24. The molecule has 1 N–H and O–H groups in total. The second-order valence-corrected chi connectivity index (χ2v) is 6.35. The number of piperazine rings is 1. The van der Waals surface area contributed by atoms with E-state index in [1.54, 1.807) is 0 Å². The van der Waals surface area contributed by atoms with E-state index in [1.807, 2.05) is 29.2 Å². The van der Waals surface area contributed by atoms with Gasteiger partial charge in [0.15, 0.2) is 0 Å². The van der Waals surface area contributed by atoms with Crippen LogP contribution in [0.25, 0.3) is 0 Å². The Morgan fingerprint density at radius 2 is 1.90 bits per heavy atom. The van der Waals surface area contributed by atoms with Gasteiger partial charge in [0.25, 0.3) is 0 Å². The van der Waals surface area contributed by atoms with Crippen LogP contribution in [0.2, 0.25) is 0 Å². The fourth-order valence-corrected chi connectivity index (χ4v) is 3.21. The molecule has 1 aromatic carbocycles. The van der Waals surface area contributed by atoms with E-state index in [4.69, 9.17) is 0 Å². The highest BCUT2D eigenvalue weighted by atomic mass is 79.9. The van der Waals surface area contributed by atoms with Gasteiger partial charge in [0.1, 0.15) is 0 Å². The van der Waals surface area contributed by atoms with Crippen molar-refractivity contribution in [3.63, 3.8) is 0 Å². The molecule has 2 aliphatic heterocycles. The van der Waals surface area contributed by atoms with Crippen LogP contribution < -0.4 is 5.32 Å². The minimum Gasteiger partial charge on any atom is -0.340 e. The molecule has 5 heteroatoms. The SMILES string of the molecule is O=C(Cc1ccccc1Br)N1CCN(C2CNC2)CC1. The van der Waals surface area contributed by atoms with E-state index in [0.29, 0.717) is 12.5 Å². The molecule has 0 unspecified atom stereocenters. The fourth-order valence-electron chi connectivity index (χ4n) is 2.78. The third kappa shape index (κ3) is 3.05. The van der Waals surface area contributed by atoms with Crippen molar-refractivity contribution in [1.82, 2.24) is 15.1 Å². The molecular formula is C15H20BrN3O. The number of amides is 1. The number of benzene rings is 1. The molecule has 0 bridgehead atoms. The predicted molar refractivity (Wildman–Crippen MR) is 82.7 cm³/mol. The molecule has 3 rings (SSSR count). The third-order valence-corrected chi connectivity index (χ3v) is 5.02. The normalized spacial score (nSPS) is 20.8. The summed E-state index contributed by atoms with van der Waals surface area (Å²) in [7, 11) is 0. The van der Waals surface area contributed by atoms with Crippen LogP contribution in [0.15, 0.2) is 28.7 Å². The van der Waals surface area contributed by atoms with Crippen molar-refractivity contribution < 1.29 is 4.79 Å². The number of carbonyl (C=O) groups excluding carboxylic acids is 1. The molecular weight excluding hydrogens is 318 g/mol. The van der Waals surface area contributed by atoms with E-state index in [1.165, 1.54) is 0 Å². The van der Waals surface area contributed by atoms with Crippen molar-refractivity contribution in [2.24, 2.45) is 0 Å². The fraction of sp³-hybridized carbons (Fsp3) is 0.533. The van der Waals surface area contributed by atoms with Crippen molar-refractivity contribution in [3.05, 3.63) is 34.3 Å². The van der Waals surface area contributed by atoms with Gasteiger partial charge < -0.3 is 10.2 Å². The summed E-state index contributed by atoms with van der Waals surface area (Å²) < 4.78 is 1.02. The Bertz CT molecular complexity index is 482. The Labute approximate surface area is 128 Å². The maximum atomic E-state index is 12.4. The molecule has 0 aliphatic carbocycles. The zero-order valence-electron chi connectivity index (χ0n) is 11.5. The summed E-state index contributed by atoms with van der Waals surface area (Å²) in [4.78, 5) is 16.9. The van der Waals surface area contributed by atoms with Gasteiger partial charge in [-0.2, -0.15) is 0 Å². The topological polar surface area (TPSA) is 35.6 Å². The van der Waals surface area contributed by atoms with Crippen LogP contribution in [0.1, 0.15) is 5.56 Å². The molecule has 0 aromatic heterocycles. The van der Waals surface area contributed by atoms with Gasteiger partial charge in [0, 0.05) is 49.8 Å². The molecule has 0 radical (unpaired) electrons. The molecule has 2 aliphatic rings. The van der Waals surface area contributed by atoms with Gasteiger partial charge in [-0.25, -0.2) is 0 Å². The van der Waals surface area contributed by atoms with Crippen LogP contribution in [0, 0.1) is 0 Å². The van der Waals surface area contributed by atoms with Gasteiger partial charge in [0.05, 0.1) is 6.42 Å². The number of halogens is 1. The summed E-state index contributed by atoms with van der Waals surface area (Å²) in [6.45, 7) is 5.94. The number of nitrogens with one attached hydrogen (secondary N) is 1. The first kappa shape index (κ1) is 14.0. The van der Waals surface area contributed by atoms with Crippen molar-refractivity contribution in [2.75, 3.05) is 39.3 Å². The summed E-state index contributed by atoms with van der Waals surface area (Å²) in [6, 6.07) is 8.65. The Kier molecular flexibility index (Phi) is 4.38. The van der Waals surface area contributed by atoms with Gasteiger partial charge in [-0.05, 0) is 11.6 Å². The lowest BCUT2D eigenvalue weighted by Crippen LogP contribution is -2.62. The van der Waals surface area contributed by atoms with E-state index >= 15 is 0 Å². The van der Waals surface area contributed by atoms with Crippen LogP contribution in [0.5, 0.6) is 0 Å². The lowest BCUT2D eigenvalue weighted by molar-refractivity contribution is -0.132. The van der Waals surface area contributed by atoms with Crippen LogP contribution >= 0.6 is 15.9 Å². The number of hydrogen-bond donors (Lipinski definition) is 1. The summed E-state index contributed by atoms with van der Waals surface area (Å²) in [5.41, 5.74) is 1.07. The summed E-state index contributed by atoms with van der Waals surface area (Å²) in [5.74, 6) is 0.239. The van der Waals surface area contributed by atoms with Crippen LogP contribution in [0.4, 0.5) is 0 Å². The minimum atomic E-state index is 0.239. The highest BCUT2D eigenvalue weighted by molar-refractivity contribution is 9.10. The first-order valence-corrected chi connectivity index (χ1v) is 7.99. The van der Waals surface area contributed by atoms with Gasteiger partial charge in [-0.1, -0.05) is 34.1 Å². The zero-order chi connectivity index (χ0) is 13.9. The highest BCUT2D eigenvalue weighted by Crippen LogP contribution is 2.18. The van der Waals surface area contributed by atoms with Crippen molar-refractivity contribution in [1.29, 1.82) is 0 Å². The summed E-state index contributed by atoms with van der Waals surface area (Å²) in [6.07, 6.45) is 0.492. The molecule has 2 saturated heterocycles. The molecule has 2 fully saturated rings. The second kappa shape index (κ2) is 6.24. The number of carbonyl (C=O) groups is 1. The van der Waals surface area contributed by atoms with Crippen molar-refractivity contribution in [2.45, 2.75) is 12.5 Å². The lowest BCUT2D eigenvalue weighted by Gasteiger charge is -2.43. The van der Waals surface area contributed by atoms with Crippen LogP contribution in [0.3, 0.4) is 0 Å². The predicted octanol–water partition coefficient (Wildman–Crippen LogP) is 1.11. The quantitative estimate of drug-likeness (QED) is 0.897. The van der Waals surface area contributed by atoms with Crippen LogP contribution in [-0.4, -0.2) is 61.0 Å². The summed E-state index contributed by atoms with van der Waals surface area (Å²) >= 11 is 3.51. The summed E-state index contributed by atoms with van der Waals surface area (Å²) in [5, 5.41) is 3.30.